The number of hydrogen-bond donors (Lipinski definition) is 1. The maximum Gasteiger partial charge on any atom is 0.165 e. The van der Waals surface area contributed by atoms with Crippen LogP contribution >= 0.6 is 0 Å². The van der Waals surface area contributed by atoms with Gasteiger partial charge in [-0.25, -0.2) is 8.78 Å². The van der Waals surface area contributed by atoms with Crippen molar-refractivity contribution < 1.29 is 23.4 Å². The smallest absolute Gasteiger partial charge is 0.165 e. The molecule has 2 unspecified atom stereocenters. The molecule has 3 nitrogen and oxygen atoms in total. The Morgan fingerprint density at radius 2 is 2.12 bits per heavy atom. The zero-order valence-electron chi connectivity index (χ0n) is 9.45. The van der Waals surface area contributed by atoms with E-state index in [2.05, 4.69) is 4.74 Å². The molecule has 1 saturated heterocycles. The van der Waals surface area contributed by atoms with Gasteiger partial charge in [-0.1, -0.05) is 0 Å². The topological polar surface area (TPSA) is 38.7 Å². The number of benzene rings is 1. The first kappa shape index (κ1) is 12.3. The summed E-state index contributed by atoms with van der Waals surface area (Å²) in [7, 11) is 1.28. The molecule has 0 aliphatic carbocycles. The summed E-state index contributed by atoms with van der Waals surface area (Å²) >= 11 is 0. The molecule has 0 bridgehead atoms. The zero-order chi connectivity index (χ0) is 12.4. The summed E-state index contributed by atoms with van der Waals surface area (Å²) in [5.41, 5.74) is 0.127. The quantitative estimate of drug-likeness (QED) is 0.866. The van der Waals surface area contributed by atoms with Crippen molar-refractivity contribution in [3.05, 3.63) is 29.3 Å². The molecule has 0 aromatic heterocycles. The summed E-state index contributed by atoms with van der Waals surface area (Å²) in [6.45, 7) is 0.346. The number of aliphatic hydroxyl groups excluding tert-OH is 1. The van der Waals surface area contributed by atoms with E-state index in [1.54, 1.807) is 0 Å². The third kappa shape index (κ3) is 2.56. The Hall–Kier alpha value is -1.20. The first-order valence-electron chi connectivity index (χ1n) is 5.44. The molecular weight excluding hydrogens is 230 g/mol. The molecule has 1 aromatic carbocycles. The van der Waals surface area contributed by atoms with E-state index in [0.29, 0.717) is 13.0 Å². The highest BCUT2D eigenvalue weighted by Crippen LogP contribution is 2.32. The Balaban J connectivity index is 2.28. The third-order valence-corrected chi connectivity index (χ3v) is 2.87. The Bertz CT molecular complexity index is 409. The fraction of sp³-hybridized carbons (Fsp3) is 0.500. The lowest BCUT2D eigenvalue weighted by molar-refractivity contribution is -0.0462. The summed E-state index contributed by atoms with van der Waals surface area (Å²) < 4.78 is 37.2. The van der Waals surface area contributed by atoms with Gasteiger partial charge < -0.3 is 14.6 Å². The Morgan fingerprint density at radius 3 is 2.76 bits per heavy atom. The molecule has 1 aliphatic heterocycles. The molecule has 1 aliphatic rings. The second-order valence-electron chi connectivity index (χ2n) is 4.05. The second-order valence-corrected chi connectivity index (χ2v) is 4.05. The van der Waals surface area contributed by atoms with Gasteiger partial charge in [-0.15, -0.1) is 0 Å². The van der Waals surface area contributed by atoms with Crippen molar-refractivity contribution in [2.45, 2.75) is 25.0 Å². The van der Waals surface area contributed by atoms with Gasteiger partial charge in [0.15, 0.2) is 11.6 Å². The van der Waals surface area contributed by atoms with Crippen molar-refractivity contribution in [2.75, 3.05) is 13.7 Å². The van der Waals surface area contributed by atoms with E-state index in [-0.39, 0.29) is 17.7 Å². The van der Waals surface area contributed by atoms with Crippen molar-refractivity contribution in [1.82, 2.24) is 0 Å². The predicted octanol–water partition coefficient (Wildman–Crippen LogP) is 2.19. The summed E-state index contributed by atoms with van der Waals surface area (Å²) in [6, 6.07) is 2.06. The van der Waals surface area contributed by atoms with Crippen LogP contribution in [-0.4, -0.2) is 24.9 Å². The van der Waals surface area contributed by atoms with Gasteiger partial charge in [0.25, 0.3) is 0 Å². The maximum absolute atomic E-state index is 13.7. The summed E-state index contributed by atoms with van der Waals surface area (Å²) in [6.07, 6.45) is -0.322. The van der Waals surface area contributed by atoms with Gasteiger partial charge in [0, 0.05) is 24.7 Å². The zero-order valence-corrected chi connectivity index (χ0v) is 9.45. The van der Waals surface area contributed by atoms with Crippen molar-refractivity contribution in [3.63, 3.8) is 0 Å². The third-order valence-electron chi connectivity index (χ3n) is 2.87. The van der Waals surface area contributed by atoms with Gasteiger partial charge in [-0.3, -0.25) is 0 Å². The monoisotopic (exact) mass is 244 g/mol. The lowest BCUT2D eigenvalue weighted by Gasteiger charge is -2.27. The van der Waals surface area contributed by atoms with Crippen molar-refractivity contribution in [2.24, 2.45) is 0 Å². The minimum atomic E-state index is -0.632. The SMILES string of the molecule is COc1cc(F)c(C2CC(O)CCO2)cc1F. The van der Waals surface area contributed by atoms with Crippen LogP contribution < -0.4 is 4.74 Å². The Kier molecular flexibility index (Phi) is 3.59. The molecular formula is C12H14F2O3. The van der Waals surface area contributed by atoms with E-state index in [1.165, 1.54) is 7.11 Å². The average Bonchev–Trinajstić information content (AvgIpc) is 2.31. The molecule has 5 heteroatoms. The van der Waals surface area contributed by atoms with E-state index >= 15 is 0 Å². The molecule has 0 spiro atoms. The maximum atomic E-state index is 13.7. The van der Waals surface area contributed by atoms with Crippen molar-refractivity contribution in [1.29, 1.82) is 0 Å². The first-order chi connectivity index (χ1) is 8.11. The highest BCUT2D eigenvalue weighted by Gasteiger charge is 2.26. The van der Waals surface area contributed by atoms with Crippen LogP contribution in [0.15, 0.2) is 12.1 Å². The predicted molar refractivity (Wildman–Crippen MR) is 56.8 cm³/mol. The summed E-state index contributed by atoms with van der Waals surface area (Å²) in [4.78, 5) is 0. The molecule has 1 N–H and O–H groups in total. The van der Waals surface area contributed by atoms with Crippen molar-refractivity contribution in [3.8, 4) is 5.75 Å². The second kappa shape index (κ2) is 4.98. The largest absolute Gasteiger partial charge is 0.494 e. The average molecular weight is 244 g/mol. The van der Waals surface area contributed by atoms with Crippen LogP contribution in [0.5, 0.6) is 5.75 Å². The minimum Gasteiger partial charge on any atom is -0.494 e. The Labute approximate surface area is 98.0 Å². The van der Waals surface area contributed by atoms with Crippen LogP contribution in [-0.2, 0) is 4.74 Å². The fourth-order valence-corrected chi connectivity index (χ4v) is 1.94. The Morgan fingerprint density at radius 1 is 1.35 bits per heavy atom. The number of rotatable bonds is 2. The van der Waals surface area contributed by atoms with Gasteiger partial charge in [0.1, 0.15) is 5.82 Å². The normalized spacial score (nSPS) is 24.7. The lowest BCUT2D eigenvalue weighted by Crippen LogP contribution is -2.24. The van der Waals surface area contributed by atoms with Gasteiger partial charge in [-0.2, -0.15) is 0 Å². The standard InChI is InChI=1S/C12H14F2O3/c1-16-12-6-9(13)8(5-10(12)14)11-4-7(15)2-3-17-11/h5-7,11,15H,2-4H2,1H3. The molecule has 1 heterocycles. The van der Waals surface area contributed by atoms with E-state index in [0.717, 1.165) is 12.1 Å². The van der Waals surface area contributed by atoms with Gasteiger partial charge in [-0.05, 0) is 12.5 Å². The molecule has 94 valence electrons. The number of aliphatic hydroxyl groups is 1. The molecule has 2 atom stereocenters. The van der Waals surface area contributed by atoms with E-state index in [9.17, 15) is 13.9 Å². The van der Waals surface area contributed by atoms with Crippen molar-refractivity contribution >= 4 is 0 Å². The van der Waals surface area contributed by atoms with Gasteiger partial charge >= 0.3 is 0 Å². The number of hydrogen-bond acceptors (Lipinski definition) is 3. The summed E-state index contributed by atoms with van der Waals surface area (Å²) in [5, 5.41) is 9.48. The number of halogens is 2. The first-order valence-corrected chi connectivity index (χ1v) is 5.44. The molecule has 1 aromatic rings. The molecule has 17 heavy (non-hydrogen) atoms. The summed E-state index contributed by atoms with van der Waals surface area (Å²) in [5.74, 6) is -1.35. The van der Waals surface area contributed by atoms with Gasteiger partial charge in [0.2, 0.25) is 0 Å². The molecule has 0 amide bonds. The van der Waals surface area contributed by atoms with Crippen LogP contribution in [0.3, 0.4) is 0 Å². The van der Waals surface area contributed by atoms with Crippen LogP contribution in [0.1, 0.15) is 24.5 Å². The lowest BCUT2D eigenvalue weighted by atomic mass is 9.98. The molecule has 2 rings (SSSR count). The molecule has 0 saturated carbocycles. The van der Waals surface area contributed by atoms with Gasteiger partial charge in [0.05, 0.1) is 19.3 Å². The number of methoxy groups -OCH3 is 1. The van der Waals surface area contributed by atoms with E-state index in [1.807, 2.05) is 0 Å². The van der Waals surface area contributed by atoms with Crippen LogP contribution in [0.4, 0.5) is 8.78 Å². The minimum absolute atomic E-state index is 0.127. The van der Waals surface area contributed by atoms with E-state index < -0.39 is 23.8 Å². The highest BCUT2D eigenvalue weighted by atomic mass is 19.1. The van der Waals surface area contributed by atoms with Crippen LogP contribution in [0.25, 0.3) is 0 Å². The van der Waals surface area contributed by atoms with Crippen LogP contribution in [0, 0.1) is 11.6 Å². The molecule has 0 radical (unpaired) electrons. The van der Waals surface area contributed by atoms with Crippen LogP contribution in [0.2, 0.25) is 0 Å². The van der Waals surface area contributed by atoms with E-state index in [4.69, 9.17) is 4.74 Å². The fourth-order valence-electron chi connectivity index (χ4n) is 1.94. The number of ether oxygens (including phenoxy) is 2. The molecule has 1 fully saturated rings. The highest BCUT2D eigenvalue weighted by molar-refractivity contribution is 5.32.